The van der Waals surface area contributed by atoms with E-state index in [2.05, 4.69) is 5.32 Å². The molecule has 0 bridgehead atoms. The number of hydrogen-bond donors (Lipinski definition) is 2. The predicted octanol–water partition coefficient (Wildman–Crippen LogP) is -0.533. The van der Waals surface area contributed by atoms with Crippen LogP contribution in [0.3, 0.4) is 0 Å². The summed E-state index contributed by atoms with van der Waals surface area (Å²) >= 11 is 0. The average Bonchev–Trinajstić information content (AvgIpc) is 2.78. The van der Waals surface area contributed by atoms with Crippen molar-refractivity contribution in [3.63, 3.8) is 0 Å². The van der Waals surface area contributed by atoms with E-state index >= 15 is 0 Å². The second-order valence-corrected chi connectivity index (χ2v) is 5.29. The highest BCUT2D eigenvalue weighted by Gasteiger charge is 2.58. The molecular formula is C12H19NO7. The molecule has 0 aromatic carbocycles. The zero-order valence-corrected chi connectivity index (χ0v) is 11.8. The van der Waals surface area contributed by atoms with E-state index in [4.69, 9.17) is 18.9 Å². The molecule has 114 valence electrons. The van der Waals surface area contributed by atoms with E-state index in [0.29, 0.717) is 0 Å². The lowest BCUT2D eigenvalue weighted by atomic mass is 10.0. The van der Waals surface area contributed by atoms with Crippen molar-refractivity contribution in [3.05, 3.63) is 0 Å². The van der Waals surface area contributed by atoms with Crippen LogP contribution in [0.2, 0.25) is 0 Å². The van der Waals surface area contributed by atoms with Crippen molar-refractivity contribution < 1.29 is 33.6 Å². The Morgan fingerprint density at radius 3 is 2.40 bits per heavy atom. The van der Waals surface area contributed by atoms with E-state index in [9.17, 15) is 14.7 Å². The molecule has 0 saturated carbocycles. The largest absolute Gasteiger partial charge is 0.480 e. The maximum Gasteiger partial charge on any atom is 0.329 e. The van der Waals surface area contributed by atoms with Crippen molar-refractivity contribution in [3.8, 4) is 0 Å². The molecule has 20 heavy (non-hydrogen) atoms. The van der Waals surface area contributed by atoms with E-state index in [-0.39, 0.29) is 0 Å². The number of carboxylic acids is 1. The minimum atomic E-state index is -1.22. The summed E-state index contributed by atoms with van der Waals surface area (Å²) in [4.78, 5) is 22.5. The predicted molar refractivity (Wildman–Crippen MR) is 64.7 cm³/mol. The molecule has 0 aromatic heterocycles. The molecule has 8 nitrogen and oxygen atoms in total. The number of ether oxygens (including phenoxy) is 4. The number of carbonyl (C=O) groups excluding carboxylic acids is 1. The number of aliphatic carboxylic acids is 1. The lowest BCUT2D eigenvalue weighted by Gasteiger charge is -2.26. The topological polar surface area (TPSA) is 103 Å². The first-order chi connectivity index (χ1) is 9.25. The van der Waals surface area contributed by atoms with E-state index in [1.807, 2.05) is 0 Å². The van der Waals surface area contributed by atoms with E-state index < -0.39 is 48.3 Å². The Hall–Kier alpha value is -1.22. The molecule has 2 N–H and O–H groups in total. The number of methoxy groups -OCH3 is 1. The van der Waals surface area contributed by atoms with Gasteiger partial charge in [-0.05, 0) is 13.8 Å². The highest BCUT2D eigenvalue weighted by molar-refractivity contribution is 5.82. The minimum absolute atomic E-state index is 0.461. The van der Waals surface area contributed by atoms with Crippen LogP contribution in [0.15, 0.2) is 0 Å². The Kier molecular flexibility index (Phi) is 4.01. The third-order valence-corrected chi connectivity index (χ3v) is 3.23. The van der Waals surface area contributed by atoms with Crippen LogP contribution < -0.4 is 5.32 Å². The number of hydrogen-bond acceptors (Lipinski definition) is 6. The molecule has 2 heterocycles. The zero-order chi connectivity index (χ0) is 15.1. The SMILES string of the molecule is CO[C@H]1O[C@H]([C@H](NC(C)=O)C(=O)O)[C@@H]2OC(C)(C)O[C@H]12. The van der Waals surface area contributed by atoms with Gasteiger partial charge in [0.1, 0.15) is 18.3 Å². The van der Waals surface area contributed by atoms with Gasteiger partial charge in [-0.1, -0.05) is 0 Å². The van der Waals surface area contributed by atoms with Crippen molar-refractivity contribution in [2.45, 2.75) is 57.2 Å². The molecule has 5 atom stereocenters. The summed E-state index contributed by atoms with van der Waals surface area (Å²) in [7, 11) is 1.44. The van der Waals surface area contributed by atoms with Crippen LogP contribution in [-0.2, 0) is 28.5 Å². The Balaban J connectivity index is 2.22. The van der Waals surface area contributed by atoms with E-state index in [1.165, 1.54) is 14.0 Å². The quantitative estimate of drug-likeness (QED) is 0.716. The van der Waals surface area contributed by atoms with Crippen molar-refractivity contribution in [2.24, 2.45) is 0 Å². The Bertz CT molecular complexity index is 411. The normalized spacial score (nSPS) is 36.4. The summed E-state index contributed by atoms with van der Waals surface area (Å²) in [6.07, 6.45) is -2.77. The van der Waals surface area contributed by atoms with Crippen molar-refractivity contribution in [1.29, 1.82) is 0 Å². The second-order valence-electron chi connectivity index (χ2n) is 5.29. The lowest BCUT2D eigenvalue weighted by Crippen LogP contribution is -2.52. The van der Waals surface area contributed by atoms with Crippen molar-refractivity contribution >= 4 is 11.9 Å². The van der Waals surface area contributed by atoms with Gasteiger partial charge in [-0.2, -0.15) is 0 Å². The van der Waals surface area contributed by atoms with Gasteiger partial charge in [0, 0.05) is 14.0 Å². The monoisotopic (exact) mass is 289 g/mol. The third-order valence-electron chi connectivity index (χ3n) is 3.23. The smallest absolute Gasteiger partial charge is 0.329 e. The van der Waals surface area contributed by atoms with Gasteiger partial charge < -0.3 is 29.4 Å². The summed E-state index contributed by atoms with van der Waals surface area (Å²) in [5, 5.41) is 11.6. The van der Waals surface area contributed by atoms with Gasteiger partial charge in [-0.15, -0.1) is 0 Å². The molecule has 0 aliphatic carbocycles. The first kappa shape index (κ1) is 15.2. The molecule has 2 aliphatic heterocycles. The number of amides is 1. The van der Waals surface area contributed by atoms with Crippen molar-refractivity contribution in [2.75, 3.05) is 7.11 Å². The first-order valence-electron chi connectivity index (χ1n) is 6.29. The molecule has 8 heteroatoms. The third kappa shape index (κ3) is 2.78. The van der Waals surface area contributed by atoms with Crippen LogP contribution >= 0.6 is 0 Å². The number of fused-ring (bicyclic) bond motifs is 1. The van der Waals surface area contributed by atoms with Crippen LogP contribution in [-0.4, -0.2) is 60.5 Å². The summed E-state index contributed by atoms with van der Waals surface area (Å²) < 4.78 is 22.0. The highest BCUT2D eigenvalue weighted by atomic mass is 16.8. The summed E-state index contributed by atoms with van der Waals surface area (Å²) in [5.41, 5.74) is 0. The molecule has 2 fully saturated rings. The Labute approximate surface area is 116 Å². The average molecular weight is 289 g/mol. The van der Waals surface area contributed by atoms with Crippen LogP contribution in [0.25, 0.3) is 0 Å². The molecule has 0 radical (unpaired) electrons. The molecule has 0 spiro atoms. The fraction of sp³-hybridized carbons (Fsp3) is 0.833. The Morgan fingerprint density at radius 2 is 1.90 bits per heavy atom. The van der Waals surface area contributed by atoms with Gasteiger partial charge in [0.15, 0.2) is 18.1 Å². The number of rotatable bonds is 4. The van der Waals surface area contributed by atoms with Crippen molar-refractivity contribution in [1.82, 2.24) is 5.32 Å². The van der Waals surface area contributed by atoms with Gasteiger partial charge in [0.05, 0.1) is 0 Å². The molecule has 2 rings (SSSR count). The molecule has 0 aromatic rings. The van der Waals surface area contributed by atoms with Crippen LogP contribution in [0.4, 0.5) is 0 Å². The number of carbonyl (C=O) groups is 2. The fourth-order valence-electron chi connectivity index (χ4n) is 2.55. The zero-order valence-electron chi connectivity index (χ0n) is 11.8. The van der Waals surface area contributed by atoms with Crippen LogP contribution in [0, 0.1) is 0 Å². The number of nitrogens with one attached hydrogen (secondary N) is 1. The molecular weight excluding hydrogens is 270 g/mol. The summed E-state index contributed by atoms with van der Waals surface area (Å²) in [6.45, 7) is 4.69. The number of carboxylic acid groups (broad SMARTS) is 1. The summed E-state index contributed by atoms with van der Waals surface area (Å²) in [5.74, 6) is -2.52. The maximum absolute atomic E-state index is 11.3. The second kappa shape index (κ2) is 5.28. The van der Waals surface area contributed by atoms with Gasteiger partial charge in [-0.25, -0.2) is 4.79 Å². The van der Waals surface area contributed by atoms with Crippen LogP contribution in [0.1, 0.15) is 20.8 Å². The van der Waals surface area contributed by atoms with E-state index in [0.717, 1.165) is 0 Å². The van der Waals surface area contributed by atoms with E-state index in [1.54, 1.807) is 13.8 Å². The van der Waals surface area contributed by atoms with Gasteiger partial charge in [-0.3, -0.25) is 4.79 Å². The van der Waals surface area contributed by atoms with Gasteiger partial charge in [0.25, 0.3) is 0 Å². The van der Waals surface area contributed by atoms with Gasteiger partial charge >= 0.3 is 5.97 Å². The minimum Gasteiger partial charge on any atom is -0.480 e. The maximum atomic E-state index is 11.3. The van der Waals surface area contributed by atoms with Crippen LogP contribution in [0.5, 0.6) is 0 Å². The highest BCUT2D eigenvalue weighted by Crippen LogP contribution is 2.39. The first-order valence-corrected chi connectivity index (χ1v) is 6.29. The standard InChI is InChI=1S/C12H19NO7/c1-5(14)13-6(10(15)16)7-8-9(11(17-4)18-7)20-12(2,3)19-8/h6-9,11H,1-4H3,(H,13,14)(H,15,16)/t6-,7+,8-,9-,11-/m0/s1. The van der Waals surface area contributed by atoms with Gasteiger partial charge in [0.2, 0.25) is 5.91 Å². The molecule has 0 unspecified atom stereocenters. The lowest BCUT2D eigenvalue weighted by molar-refractivity contribution is -0.230. The molecule has 2 saturated heterocycles. The molecule has 1 amide bonds. The fourth-order valence-corrected chi connectivity index (χ4v) is 2.55. The Morgan fingerprint density at radius 1 is 1.30 bits per heavy atom. The molecule has 2 aliphatic rings. The summed E-state index contributed by atoms with van der Waals surface area (Å²) in [6, 6.07) is -1.22.